The molecule has 0 saturated heterocycles. The van der Waals surface area contributed by atoms with Crippen LogP contribution in [-0.2, 0) is 0 Å². The number of urea groups is 1. The molecule has 27 heavy (non-hydrogen) atoms. The van der Waals surface area contributed by atoms with Crippen LogP contribution >= 0.6 is 0 Å². The van der Waals surface area contributed by atoms with E-state index in [9.17, 15) is 4.79 Å². The van der Waals surface area contributed by atoms with Crippen molar-refractivity contribution in [2.45, 2.75) is 27.7 Å². The Hall–Kier alpha value is -3.41. The molecule has 0 aliphatic rings. The molecule has 138 valence electrons. The van der Waals surface area contributed by atoms with Gasteiger partial charge in [0, 0.05) is 5.69 Å². The highest BCUT2D eigenvalue weighted by molar-refractivity contribution is 6.00. The molecule has 0 radical (unpaired) electrons. The van der Waals surface area contributed by atoms with Gasteiger partial charge in [-0.2, -0.15) is 9.97 Å². The maximum atomic E-state index is 12.4. The highest BCUT2D eigenvalue weighted by Gasteiger charge is 2.14. The van der Waals surface area contributed by atoms with Crippen molar-refractivity contribution in [2.24, 2.45) is 0 Å². The van der Waals surface area contributed by atoms with Crippen molar-refractivity contribution in [2.75, 3.05) is 10.6 Å². The zero-order chi connectivity index (χ0) is 19.4. The van der Waals surface area contributed by atoms with Crippen molar-refractivity contribution in [3.05, 3.63) is 71.0 Å². The average molecular weight is 362 g/mol. The molecule has 0 fully saturated rings. The van der Waals surface area contributed by atoms with E-state index >= 15 is 0 Å². The Labute approximate surface area is 158 Å². The summed E-state index contributed by atoms with van der Waals surface area (Å²) in [5.74, 6) is 0.657. The fourth-order valence-electron chi connectivity index (χ4n) is 2.66. The number of carbonyl (C=O) groups excluding carboxylic acids is 1. The van der Waals surface area contributed by atoms with Gasteiger partial charge in [-0.3, -0.25) is 0 Å². The number of aromatic nitrogens is 2. The smallest absolute Gasteiger partial charge is 0.323 e. The molecule has 1 aromatic heterocycles. The fourth-order valence-corrected chi connectivity index (χ4v) is 2.66. The Kier molecular flexibility index (Phi) is 5.35. The monoisotopic (exact) mass is 362 g/mol. The Morgan fingerprint density at radius 2 is 1.52 bits per heavy atom. The van der Waals surface area contributed by atoms with Gasteiger partial charge in [-0.25, -0.2) is 4.79 Å². The molecule has 6 heteroatoms. The second kappa shape index (κ2) is 7.86. The minimum atomic E-state index is -0.338. The molecule has 0 unspecified atom stereocenters. The lowest BCUT2D eigenvalue weighted by atomic mass is 10.1. The molecule has 0 aliphatic carbocycles. The van der Waals surface area contributed by atoms with E-state index < -0.39 is 0 Å². The summed E-state index contributed by atoms with van der Waals surface area (Å²) in [4.78, 5) is 21.1. The zero-order valence-corrected chi connectivity index (χ0v) is 15.8. The number of rotatable bonds is 4. The van der Waals surface area contributed by atoms with Gasteiger partial charge in [-0.05, 0) is 57.0 Å². The number of hydrogen-bond donors (Lipinski definition) is 2. The topological polar surface area (TPSA) is 76.1 Å². The molecular formula is C21H22N4O2. The minimum absolute atomic E-state index is 0.247. The van der Waals surface area contributed by atoms with Crippen LogP contribution in [0.2, 0.25) is 0 Å². The summed E-state index contributed by atoms with van der Waals surface area (Å²) in [5.41, 5.74) is 4.75. The summed E-state index contributed by atoms with van der Waals surface area (Å²) in [6, 6.07) is 15.0. The van der Waals surface area contributed by atoms with E-state index in [1.165, 1.54) is 0 Å². The molecule has 1 heterocycles. The Balaban J connectivity index is 1.75. The lowest BCUT2D eigenvalue weighted by Crippen LogP contribution is -2.22. The van der Waals surface area contributed by atoms with Crippen LogP contribution in [0.4, 0.5) is 16.2 Å². The Bertz CT molecular complexity index is 948. The maximum Gasteiger partial charge on any atom is 0.323 e. The van der Waals surface area contributed by atoms with Gasteiger partial charge in [0.25, 0.3) is 0 Å². The van der Waals surface area contributed by atoms with Crippen molar-refractivity contribution in [3.63, 3.8) is 0 Å². The molecule has 0 saturated carbocycles. The first-order valence-electron chi connectivity index (χ1n) is 8.66. The summed E-state index contributed by atoms with van der Waals surface area (Å²) in [6.45, 7) is 7.59. The highest BCUT2D eigenvalue weighted by Crippen LogP contribution is 2.24. The van der Waals surface area contributed by atoms with Crippen LogP contribution in [0, 0.1) is 27.7 Å². The first-order chi connectivity index (χ1) is 12.9. The number of aryl methyl sites for hydroxylation is 3. The van der Waals surface area contributed by atoms with Gasteiger partial charge >= 0.3 is 12.0 Å². The number of anilines is 2. The molecule has 2 N–H and O–H groups in total. The Morgan fingerprint density at radius 3 is 2.19 bits per heavy atom. The molecule has 2 aromatic carbocycles. The zero-order valence-electron chi connectivity index (χ0n) is 15.8. The number of benzene rings is 2. The molecule has 3 aromatic rings. The lowest BCUT2D eigenvalue weighted by molar-refractivity contribution is 0.262. The van der Waals surface area contributed by atoms with Crippen LogP contribution in [0.1, 0.15) is 22.5 Å². The molecular weight excluding hydrogens is 340 g/mol. The van der Waals surface area contributed by atoms with Crippen molar-refractivity contribution in [1.82, 2.24) is 9.97 Å². The van der Waals surface area contributed by atoms with E-state index in [0.717, 1.165) is 16.8 Å². The van der Waals surface area contributed by atoms with Gasteiger partial charge in [0.2, 0.25) is 0 Å². The normalized spacial score (nSPS) is 10.4. The lowest BCUT2D eigenvalue weighted by Gasteiger charge is -2.14. The minimum Gasteiger partial charge on any atom is -0.424 e. The number of para-hydroxylation sites is 1. The number of amides is 2. The van der Waals surface area contributed by atoms with E-state index in [1.807, 2.05) is 62.4 Å². The van der Waals surface area contributed by atoms with Crippen molar-refractivity contribution < 1.29 is 9.53 Å². The van der Waals surface area contributed by atoms with Gasteiger partial charge in [0.1, 0.15) is 5.75 Å². The fraction of sp³-hybridized carbons (Fsp3) is 0.190. The standard InChI is InChI=1S/C21H22N4O2/c1-13-9-8-12-18(14(13)2)24-20(26)25-19-15(3)22-21(23-16(19)4)27-17-10-6-5-7-11-17/h5-12H,1-4H3,(H2,24,25,26). The second-order valence-electron chi connectivity index (χ2n) is 6.29. The predicted octanol–water partition coefficient (Wildman–Crippen LogP) is 5.15. The second-order valence-corrected chi connectivity index (χ2v) is 6.29. The third kappa shape index (κ3) is 4.41. The summed E-state index contributed by atoms with van der Waals surface area (Å²) in [5, 5.41) is 5.71. The molecule has 0 aliphatic heterocycles. The van der Waals surface area contributed by atoms with Gasteiger partial charge in [-0.15, -0.1) is 0 Å². The number of nitrogens with zero attached hydrogens (tertiary/aromatic N) is 2. The van der Waals surface area contributed by atoms with E-state index in [-0.39, 0.29) is 12.0 Å². The van der Waals surface area contributed by atoms with Gasteiger partial charge in [-0.1, -0.05) is 30.3 Å². The number of ether oxygens (including phenoxy) is 1. The third-order valence-electron chi connectivity index (χ3n) is 4.29. The largest absolute Gasteiger partial charge is 0.424 e. The maximum absolute atomic E-state index is 12.4. The van der Waals surface area contributed by atoms with E-state index in [1.54, 1.807) is 13.8 Å². The van der Waals surface area contributed by atoms with Crippen LogP contribution in [-0.4, -0.2) is 16.0 Å². The van der Waals surface area contributed by atoms with Crippen molar-refractivity contribution in [1.29, 1.82) is 0 Å². The van der Waals surface area contributed by atoms with Crippen LogP contribution in [0.15, 0.2) is 48.5 Å². The summed E-state index contributed by atoms with van der Waals surface area (Å²) < 4.78 is 5.67. The molecule has 0 bridgehead atoms. The average Bonchev–Trinajstić information content (AvgIpc) is 2.63. The number of hydrogen-bond acceptors (Lipinski definition) is 4. The first-order valence-corrected chi connectivity index (χ1v) is 8.66. The van der Waals surface area contributed by atoms with Gasteiger partial charge in [0.15, 0.2) is 0 Å². The van der Waals surface area contributed by atoms with Crippen LogP contribution in [0.5, 0.6) is 11.8 Å². The van der Waals surface area contributed by atoms with Crippen LogP contribution < -0.4 is 15.4 Å². The van der Waals surface area contributed by atoms with E-state index in [4.69, 9.17) is 4.74 Å². The molecule has 0 atom stereocenters. The molecule has 0 spiro atoms. The van der Waals surface area contributed by atoms with Crippen LogP contribution in [0.25, 0.3) is 0 Å². The number of nitrogens with one attached hydrogen (secondary N) is 2. The summed E-state index contributed by atoms with van der Waals surface area (Å²) >= 11 is 0. The number of carbonyl (C=O) groups is 1. The van der Waals surface area contributed by atoms with Crippen molar-refractivity contribution >= 4 is 17.4 Å². The highest BCUT2D eigenvalue weighted by atomic mass is 16.5. The Morgan fingerprint density at radius 1 is 0.852 bits per heavy atom. The molecule has 2 amide bonds. The van der Waals surface area contributed by atoms with Crippen molar-refractivity contribution in [3.8, 4) is 11.8 Å². The quantitative estimate of drug-likeness (QED) is 0.673. The molecule has 3 rings (SSSR count). The van der Waals surface area contributed by atoms with E-state index in [0.29, 0.717) is 22.8 Å². The first kappa shape index (κ1) is 18.4. The summed E-state index contributed by atoms with van der Waals surface area (Å²) in [6.07, 6.45) is 0. The van der Waals surface area contributed by atoms with Gasteiger partial charge < -0.3 is 15.4 Å². The summed E-state index contributed by atoms with van der Waals surface area (Å²) in [7, 11) is 0. The third-order valence-corrected chi connectivity index (χ3v) is 4.29. The predicted molar refractivity (Wildman–Crippen MR) is 107 cm³/mol. The van der Waals surface area contributed by atoms with Gasteiger partial charge in [0.05, 0.1) is 17.1 Å². The SMILES string of the molecule is Cc1cccc(NC(=O)Nc2c(C)nc(Oc3ccccc3)nc2C)c1C. The molecule has 6 nitrogen and oxygen atoms in total. The van der Waals surface area contributed by atoms with Crippen LogP contribution in [0.3, 0.4) is 0 Å². The van der Waals surface area contributed by atoms with E-state index in [2.05, 4.69) is 20.6 Å².